The average molecular weight is 539 g/mol. The van der Waals surface area contributed by atoms with Crippen LogP contribution < -0.4 is 16.2 Å². The number of carbonyl (C=O) groups is 2. The number of piperidine rings is 1. The monoisotopic (exact) mass is 538 g/mol. The number of benzene rings is 1. The molecule has 0 bridgehead atoms. The SMILES string of the molecule is C=CC(=O)N1CCCC(n2nc(C(N)=O)c3c(N)nc(-c4ccc(Oc5ccn6ncnc6c5)c(C)c4)nc32)C1. The number of primary amides is 1. The molecule has 1 saturated heterocycles. The molecule has 0 spiro atoms. The van der Waals surface area contributed by atoms with E-state index in [2.05, 4.69) is 26.7 Å². The van der Waals surface area contributed by atoms with Gasteiger partial charge in [-0.05, 0) is 55.7 Å². The van der Waals surface area contributed by atoms with E-state index >= 15 is 0 Å². The number of aromatic nitrogens is 7. The molecule has 1 unspecified atom stereocenters. The van der Waals surface area contributed by atoms with Gasteiger partial charge in [0.15, 0.2) is 22.8 Å². The van der Waals surface area contributed by atoms with Crippen LogP contribution in [0.2, 0.25) is 0 Å². The molecular formula is C27H26N10O3. The number of anilines is 1. The van der Waals surface area contributed by atoms with Crippen molar-refractivity contribution in [3.05, 3.63) is 66.8 Å². The number of likely N-dealkylation sites (tertiary alicyclic amines) is 1. The van der Waals surface area contributed by atoms with Crippen LogP contribution in [0.3, 0.4) is 0 Å². The predicted octanol–water partition coefficient (Wildman–Crippen LogP) is 2.67. The predicted molar refractivity (Wildman–Crippen MR) is 147 cm³/mol. The quantitative estimate of drug-likeness (QED) is 0.308. The molecule has 4 N–H and O–H groups in total. The van der Waals surface area contributed by atoms with Crippen molar-refractivity contribution in [2.75, 3.05) is 18.8 Å². The molecule has 4 aromatic heterocycles. The van der Waals surface area contributed by atoms with Gasteiger partial charge in [0, 0.05) is 30.9 Å². The number of rotatable bonds is 6. The zero-order valence-corrected chi connectivity index (χ0v) is 21.7. The maximum Gasteiger partial charge on any atom is 0.270 e. The molecule has 13 heteroatoms. The van der Waals surface area contributed by atoms with Gasteiger partial charge in [0.25, 0.3) is 5.91 Å². The van der Waals surface area contributed by atoms with Crippen LogP contribution in [-0.4, -0.2) is 64.2 Å². The molecule has 0 saturated carbocycles. The van der Waals surface area contributed by atoms with Crippen LogP contribution >= 0.6 is 0 Å². The normalized spacial score (nSPS) is 15.4. The number of nitrogen functional groups attached to an aromatic ring is 1. The van der Waals surface area contributed by atoms with Crippen LogP contribution in [0.15, 0.2) is 55.5 Å². The van der Waals surface area contributed by atoms with E-state index in [1.807, 2.05) is 25.1 Å². The third kappa shape index (κ3) is 4.36. The number of nitrogens with zero attached hydrogens (tertiary/aromatic N) is 8. The molecule has 202 valence electrons. The fourth-order valence-corrected chi connectivity index (χ4v) is 4.99. The first-order valence-corrected chi connectivity index (χ1v) is 12.7. The molecule has 5 heterocycles. The van der Waals surface area contributed by atoms with E-state index in [1.54, 1.807) is 32.4 Å². The number of amides is 2. The third-order valence-corrected chi connectivity index (χ3v) is 6.95. The summed E-state index contributed by atoms with van der Waals surface area (Å²) in [7, 11) is 0. The smallest absolute Gasteiger partial charge is 0.270 e. The Hall–Kier alpha value is -5.33. The minimum absolute atomic E-state index is 0.00389. The highest BCUT2D eigenvalue weighted by molar-refractivity contribution is 6.07. The number of nitrogens with two attached hydrogens (primary N) is 2. The summed E-state index contributed by atoms with van der Waals surface area (Å²) in [5.74, 6) is 0.828. The van der Waals surface area contributed by atoms with E-state index in [9.17, 15) is 9.59 Å². The number of hydrogen-bond donors (Lipinski definition) is 2. The summed E-state index contributed by atoms with van der Waals surface area (Å²) in [6.45, 7) is 6.51. The van der Waals surface area contributed by atoms with Crippen LogP contribution in [0, 0.1) is 6.92 Å². The fraction of sp³-hybridized carbons (Fsp3) is 0.222. The Morgan fingerprint density at radius 3 is 2.83 bits per heavy atom. The standard InChI is InChI=1S/C27H26N10O3/c1-3-21(38)35-9-4-5-17(13-35)37-27-22(23(34-37)25(29)39)24(28)32-26(33-27)16-6-7-19(15(2)11-16)40-18-8-10-36-20(12-18)30-14-31-36/h3,6-8,10-12,14,17H,1,4-5,9,13H2,2H3,(H2,29,39)(H2,28,32,33). The van der Waals surface area contributed by atoms with E-state index in [0.717, 1.165) is 18.4 Å². The van der Waals surface area contributed by atoms with Gasteiger partial charge >= 0.3 is 0 Å². The van der Waals surface area contributed by atoms with Crippen molar-refractivity contribution < 1.29 is 14.3 Å². The Bertz CT molecular complexity index is 1810. The van der Waals surface area contributed by atoms with Crippen molar-refractivity contribution in [3.63, 3.8) is 0 Å². The first-order chi connectivity index (χ1) is 19.3. The highest BCUT2D eigenvalue weighted by Gasteiger charge is 2.29. The van der Waals surface area contributed by atoms with Crippen molar-refractivity contribution in [3.8, 4) is 22.9 Å². The average Bonchev–Trinajstić information content (AvgIpc) is 3.59. The van der Waals surface area contributed by atoms with E-state index in [4.69, 9.17) is 21.2 Å². The maximum absolute atomic E-state index is 12.3. The van der Waals surface area contributed by atoms with Crippen molar-refractivity contribution in [1.82, 2.24) is 39.2 Å². The minimum Gasteiger partial charge on any atom is -0.457 e. The Balaban J connectivity index is 1.37. The summed E-state index contributed by atoms with van der Waals surface area (Å²) >= 11 is 0. The molecule has 1 aromatic carbocycles. The minimum atomic E-state index is -0.733. The van der Waals surface area contributed by atoms with Crippen LogP contribution in [0.4, 0.5) is 5.82 Å². The lowest BCUT2D eigenvalue weighted by Gasteiger charge is -2.32. The summed E-state index contributed by atoms with van der Waals surface area (Å²) in [4.78, 5) is 39.7. The van der Waals surface area contributed by atoms with Gasteiger partial charge in [-0.1, -0.05) is 6.58 Å². The number of carbonyl (C=O) groups excluding carboxylic acids is 2. The van der Waals surface area contributed by atoms with Gasteiger partial charge in [0.05, 0.1) is 11.4 Å². The van der Waals surface area contributed by atoms with Gasteiger partial charge in [-0.25, -0.2) is 24.1 Å². The number of fused-ring (bicyclic) bond motifs is 2. The zero-order valence-electron chi connectivity index (χ0n) is 21.7. The molecule has 0 radical (unpaired) electrons. The van der Waals surface area contributed by atoms with E-state index < -0.39 is 5.91 Å². The second-order valence-corrected chi connectivity index (χ2v) is 9.58. The lowest BCUT2D eigenvalue weighted by Crippen LogP contribution is -2.40. The summed E-state index contributed by atoms with van der Waals surface area (Å²) in [6, 6.07) is 8.93. The molecule has 1 aliphatic rings. The van der Waals surface area contributed by atoms with Crippen molar-refractivity contribution >= 4 is 34.3 Å². The van der Waals surface area contributed by atoms with Crippen LogP contribution in [-0.2, 0) is 4.79 Å². The highest BCUT2D eigenvalue weighted by atomic mass is 16.5. The van der Waals surface area contributed by atoms with Gasteiger partial charge in [0.1, 0.15) is 23.6 Å². The van der Waals surface area contributed by atoms with Gasteiger partial charge in [-0.3, -0.25) is 9.59 Å². The number of ether oxygens (including phenoxy) is 1. The molecule has 40 heavy (non-hydrogen) atoms. The molecule has 0 aliphatic carbocycles. The summed E-state index contributed by atoms with van der Waals surface area (Å²) in [5, 5.41) is 8.88. The Kier molecular flexibility index (Phi) is 6.10. The molecule has 13 nitrogen and oxygen atoms in total. The van der Waals surface area contributed by atoms with Gasteiger partial charge in [-0.15, -0.1) is 0 Å². The summed E-state index contributed by atoms with van der Waals surface area (Å²) < 4.78 is 9.38. The number of aryl methyl sites for hydroxylation is 1. The van der Waals surface area contributed by atoms with Crippen molar-refractivity contribution in [1.29, 1.82) is 0 Å². The zero-order chi connectivity index (χ0) is 28.0. The summed E-state index contributed by atoms with van der Waals surface area (Å²) in [5.41, 5.74) is 14.6. The van der Waals surface area contributed by atoms with Crippen molar-refractivity contribution in [2.24, 2.45) is 5.73 Å². The molecule has 6 rings (SSSR count). The second kappa shape index (κ2) is 9.76. The Morgan fingerprint density at radius 1 is 1.20 bits per heavy atom. The number of pyridine rings is 1. The van der Waals surface area contributed by atoms with Gasteiger partial charge < -0.3 is 21.1 Å². The Morgan fingerprint density at radius 2 is 2.05 bits per heavy atom. The molecule has 5 aromatic rings. The molecule has 1 fully saturated rings. The van der Waals surface area contributed by atoms with Crippen LogP contribution in [0.25, 0.3) is 28.1 Å². The van der Waals surface area contributed by atoms with E-state index in [1.165, 1.54) is 12.4 Å². The van der Waals surface area contributed by atoms with E-state index in [-0.39, 0.29) is 23.5 Å². The van der Waals surface area contributed by atoms with Crippen molar-refractivity contribution in [2.45, 2.75) is 25.8 Å². The molecule has 1 atom stereocenters. The maximum atomic E-state index is 12.3. The third-order valence-electron chi connectivity index (χ3n) is 6.95. The molecular weight excluding hydrogens is 512 g/mol. The molecule has 1 aliphatic heterocycles. The number of hydrogen-bond acceptors (Lipinski definition) is 9. The second-order valence-electron chi connectivity index (χ2n) is 9.58. The first-order valence-electron chi connectivity index (χ1n) is 12.7. The highest BCUT2D eigenvalue weighted by Crippen LogP contribution is 2.33. The lowest BCUT2D eigenvalue weighted by atomic mass is 10.1. The summed E-state index contributed by atoms with van der Waals surface area (Å²) in [6.07, 6.45) is 6.04. The first kappa shape index (κ1) is 25.0. The topological polar surface area (TPSA) is 172 Å². The van der Waals surface area contributed by atoms with Crippen LogP contribution in [0.1, 0.15) is 34.9 Å². The molecule has 2 amide bonds. The van der Waals surface area contributed by atoms with E-state index in [0.29, 0.717) is 52.7 Å². The van der Waals surface area contributed by atoms with Gasteiger partial charge in [0.2, 0.25) is 5.91 Å². The lowest BCUT2D eigenvalue weighted by molar-refractivity contribution is -0.127. The fourth-order valence-electron chi connectivity index (χ4n) is 4.99. The largest absolute Gasteiger partial charge is 0.457 e. The van der Waals surface area contributed by atoms with Gasteiger partial charge in [-0.2, -0.15) is 10.2 Å². The van der Waals surface area contributed by atoms with Crippen LogP contribution in [0.5, 0.6) is 11.5 Å². The Labute approximate surface area is 228 Å².